The van der Waals surface area contributed by atoms with Crippen LogP contribution in [-0.2, 0) is 23.6 Å². The van der Waals surface area contributed by atoms with Crippen molar-refractivity contribution >= 4 is 38.8 Å². The Morgan fingerprint density at radius 1 is 1.20 bits per heavy atom. The number of aryl methyl sites for hydroxylation is 1. The summed E-state index contributed by atoms with van der Waals surface area (Å²) in [6.07, 6.45) is 0. The van der Waals surface area contributed by atoms with Crippen molar-refractivity contribution in [2.75, 3.05) is 36.4 Å². The van der Waals surface area contributed by atoms with Crippen LogP contribution in [-0.4, -0.2) is 53.7 Å². The van der Waals surface area contributed by atoms with E-state index in [0.29, 0.717) is 23.7 Å². The number of rotatable bonds is 5. The van der Waals surface area contributed by atoms with E-state index >= 15 is 0 Å². The molecule has 0 spiro atoms. The minimum atomic E-state index is -3.95. The fraction of sp³-hybridized carbons (Fsp3) is 0.389. The smallest absolute Gasteiger partial charge is 0.280 e. The number of sulfonamides is 1. The average Bonchev–Trinajstić information content (AvgIpc) is 3.10. The van der Waals surface area contributed by atoms with Crippen LogP contribution in [0.1, 0.15) is 6.92 Å². The number of aromatic nitrogens is 4. The van der Waals surface area contributed by atoms with Gasteiger partial charge in [0.25, 0.3) is 5.56 Å². The highest BCUT2D eigenvalue weighted by atomic mass is 32.2. The second kappa shape index (κ2) is 7.70. The van der Waals surface area contributed by atoms with Crippen molar-refractivity contribution in [2.45, 2.75) is 18.4 Å². The van der Waals surface area contributed by atoms with Gasteiger partial charge in [0.2, 0.25) is 21.9 Å². The number of nitrogens with two attached hydrogens (primary N) is 1. The third-order valence-electron chi connectivity index (χ3n) is 5.12. The monoisotopic (exact) mass is 432 g/mol. The minimum absolute atomic E-state index is 0.0834. The highest BCUT2D eigenvalue weighted by molar-refractivity contribution is 7.89. The first kappa shape index (κ1) is 20.3. The molecule has 12 heteroatoms. The first-order chi connectivity index (χ1) is 14.3. The molecule has 1 fully saturated rings. The number of hydrogen-bond acceptors (Lipinski definition) is 8. The van der Waals surface area contributed by atoms with Gasteiger partial charge in [-0.1, -0.05) is 12.1 Å². The third-order valence-corrected chi connectivity index (χ3v) is 6.09. The summed E-state index contributed by atoms with van der Waals surface area (Å²) in [6, 6.07) is 6.20. The number of para-hydroxylation sites is 1. The molecule has 4 rings (SSSR count). The van der Waals surface area contributed by atoms with E-state index in [0.717, 1.165) is 26.2 Å². The number of piperazine rings is 1. The molecule has 1 aliphatic rings. The Bertz CT molecular complexity index is 1260. The highest BCUT2D eigenvalue weighted by Gasteiger charge is 2.23. The summed E-state index contributed by atoms with van der Waals surface area (Å²) in [5.74, 6) is 0.886. The number of hydrogen-bond donors (Lipinski definition) is 3. The van der Waals surface area contributed by atoms with Crippen LogP contribution >= 0.6 is 0 Å². The van der Waals surface area contributed by atoms with Crippen molar-refractivity contribution in [2.24, 2.45) is 12.2 Å². The van der Waals surface area contributed by atoms with Crippen LogP contribution in [0.3, 0.4) is 0 Å². The molecule has 4 N–H and O–H groups in total. The molecule has 0 radical (unpaired) electrons. The normalized spacial score (nSPS) is 15.0. The van der Waals surface area contributed by atoms with E-state index in [1.165, 1.54) is 10.6 Å². The summed E-state index contributed by atoms with van der Waals surface area (Å²) in [6.45, 7) is 5.80. The fourth-order valence-electron chi connectivity index (χ4n) is 3.60. The Kier molecular flexibility index (Phi) is 5.22. The quantitative estimate of drug-likeness (QED) is 0.510. The van der Waals surface area contributed by atoms with Crippen LogP contribution in [0.5, 0.6) is 0 Å². The molecule has 2 aromatic heterocycles. The van der Waals surface area contributed by atoms with Gasteiger partial charge in [0.05, 0.1) is 5.69 Å². The summed E-state index contributed by atoms with van der Waals surface area (Å²) in [4.78, 5) is 24.3. The Morgan fingerprint density at radius 2 is 1.90 bits per heavy atom. The van der Waals surface area contributed by atoms with E-state index in [1.54, 1.807) is 25.2 Å². The Morgan fingerprint density at radius 3 is 2.57 bits per heavy atom. The van der Waals surface area contributed by atoms with E-state index < -0.39 is 10.0 Å². The number of imidazole rings is 1. The number of nitrogens with one attached hydrogen (secondary N) is 2. The van der Waals surface area contributed by atoms with Gasteiger partial charge < -0.3 is 20.1 Å². The summed E-state index contributed by atoms with van der Waals surface area (Å²) >= 11 is 0. The van der Waals surface area contributed by atoms with Gasteiger partial charge in [0.15, 0.2) is 11.2 Å². The maximum Gasteiger partial charge on any atom is 0.280 e. The molecule has 0 amide bonds. The van der Waals surface area contributed by atoms with Gasteiger partial charge in [-0.05, 0) is 19.1 Å². The molecule has 11 nitrogen and oxygen atoms in total. The maximum atomic E-state index is 13.1. The highest BCUT2D eigenvalue weighted by Crippen LogP contribution is 2.25. The zero-order chi connectivity index (χ0) is 21.5. The largest absolute Gasteiger partial charge is 0.340 e. The van der Waals surface area contributed by atoms with Gasteiger partial charge in [0.1, 0.15) is 4.90 Å². The van der Waals surface area contributed by atoms with Crippen molar-refractivity contribution in [3.05, 3.63) is 34.6 Å². The lowest BCUT2D eigenvalue weighted by atomic mass is 10.3. The Hall–Kier alpha value is -2.96. The standard InChI is InChI=1S/C18H24N8O3S/c1-3-26-14-15(23-18(26)25-10-8-20-9-11-25)22-17(24(2)16(14)27)21-12-6-4-5-7-13(12)30(19,28)29/h4-7,20H,3,8-11H2,1-2H3,(H,21,22)(H2,19,28,29). The summed E-state index contributed by atoms with van der Waals surface area (Å²) in [7, 11) is -2.37. The Balaban J connectivity index is 1.84. The second-order valence-electron chi connectivity index (χ2n) is 7.03. The maximum absolute atomic E-state index is 13.1. The van der Waals surface area contributed by atoms with Crippen molar-refractivity contribution in [3.8, 4) is 0 Å². The second-order valence-corrected chi connectivity index (χ2v) is 8.56. The number of anilines is 3. The molecule has 1 aromatic carbocycles. The topological polar surface area (TPSA) is 140 Å². The molecule has 0 unspecified atom stereocenters. The number of fused-ring (bicyclic) bond motifs is 1. The molecule has 3 heterocycles. The zero-order valence-electron chi connectivity index (χ0n) is 16.8. The van der Waals surface area contributed by atoms with Gasteiger partial charge in [-0.3, -0.25) is 9.36 Å². The number of benzene rings is 1. The number of nitrogens with zero attached hydrogens (tertiary/aromatic N) is 5. The van der Waals surface area contributed by atoms with Crippen LogP contribution in [0.25, 0.3) is 11.2 Å². The van der Waals surface area contributed by atoms with E-state index in [9.17, 15) is 13.2 Å². The molecular formula is C18H24N8O3S. The Labute approximate surface area is 173 Å². The van der Waals surface area contributed by atoms with Crippen LogP contribution in [0, 0.1) is 0 Å². The first-order valence-corrected chi connectivity index (χ1v) is 11.2. The summed E-state index contributed by atoms with van der Waals surface area (Å²) in [5.41, 5.74) is 0.688. The van der Waals surface area contributed by atoms with Crippen molar-refractivity contribution in [1.82, 2.24) is 24.4 Å². The van der Waals surface area contributed by atoms with Crippen molar-refractivity contribution in [1.29, 1.82) is 0 Å². The van der Waals surface area contributed by atoms with E-state index in [-0.39, 0.29) is 22.1 Å². The van der Waals surface area contributed by atoms with Crippen LogP contribution in [0.2, 0.25) is 0 Å². The molecule has 1 saturated heterocycles. The predicted octanol–water partition coefficient (Wildman–Crippen LogP) is -0.0495. The lowest BCUT2D eigenvalue weighted by molar-refractivity contribution is 0.569. The van der Waals surface area contributed by atoms with Crippen molar-refractivity contribution in [3.63, 3.8) is 0 Å². The van der Waals surface area contributed by atoms with Crippen LogP contribution in [0.4, 0.5) is 17.6 Å². The fourth-order valence-corrected chi connectivity index (χ4v) is 4.30. The molecular weight excluding hydrogens is 408 g/mol. The minimum Gasteiger partial charge on any atom is -0.340 e. The van der Waals surface area contributed by atoms with Crippen LogP contribution in [0.15, 0.2) is 34.0 Å². The summed E-state index contributed by atoms with van der Waals surface area (Å²) < 4.78 is 27.0. The molecule has 0 aliphatic carbocycles. The van der Waals surface area contributed by atoms with E-state index in [2.05, 4.69) is 25.5 Å². The van der Waals surface area contributed by atoms with Gasteiger partial charge in [-0.2, -0.15) is 9.97 Å². The average molecular weight is 433 g/mol. The molecule has 160 valence electrons. The molecule has 0 saturated carbocycles. The first-order valence-electron chi connectivity index (χ1n) is 9.63. The predicted molar refractivity (Wildman–Crippen MR) is 115 cm³/mol. The molecule has 30 heavy (non-hydrogen) atoms. The van der Waals surface area contributed by atoms with Gasteiger partial charge >= 0.3 is 0 Å². The van der Waals surface area contributed by atoms with E-state index in [4.69, 9.17) is 5.14 Å². The third kappa shape index (κ3) is 3.53. The molecule has 1 aliphatic heterocycles. The van der Waals surface area contributed by atoms with Gasteiger partial charge in [-0.25, -0.2) is 13.6 Å². The lowest BCUT2D eigenvalue weighted by Crippen LogP contribution is -2.44. The molecule has 3 aromatic rings. The zero-order valence-corrected chi connectivity index (χ0v) is 17.6. The number of primary sulfonamides is 1. The van der Waals surface area contributed by atoms with E-state index in [1.807, 2.05) is 11.5 Å². The SMILES string of the molecule is CCn1c(N2CCNCC2)nc2nc(Nc3ccccc3S(N)(=O)=O)n(C)c(=O)c21. The summed E-state index contributed by atoms with van der Waals surface area (Å²) in [5, 5.41) is 11.5. The molecule has 0 bridgehead atoms. The molecule has 0 atom stereocenters. The van der Waals surface area contributed by atoms with Gasteiger partial charge in [0, 0.05) is 39.8 Å². The lowest BCUT2D eigenvalue weighted by Gasteiger charge is -2.28. The van der Waals surface area contributed by atoms with Crippen LogP contribution < -0.4 is 26.2 Å². The van der Waals surface area contributed by atoms with Crippen molar-refractivity contribution < 1.29 is 8.42 Å². The van der Waals surface area contributed by atoms with Gasteiger partial charge in [-0.15, -0.1) is 0 Å².